The van der Waals surface area contributed by atoms with Crippen LogP contribution >= 0.6 is 0 Å². The van der Waals surface area contributed by atoms with Gasteiger partial charge in [0.1, 0.15) is 0 Å². The molecule has 0 saturated carbocycles. The molecule has 1 fully saturated rings. The van der Waals surface area contributed by atoms with Crippen molar-refractivity contribution >= 4 is 11.0 Å². The molecule has 0 spiro atoms. The number of fused-ring (bicyclic) bond motifs is 1. The molecule has 1 aromatic carbocycles. The average Bonchev–Trinajstić information content (AvgIpc) is 3.14. The molecule has 1 unspecified atom stereocenters. The molecule has 1 atom stereocenters. The summed E-state index contributed by atoms with van der Waals surface area (Å²) in [5, 5.41) is 4.65. The van der Waals surface area contributed by atoms with Crippen LogP contribution in [0, 0.1) is 20.8 Å². The van der Waals surface area contributed by atoms with Crippen LogP contribution in [0.1, 0.15) is 35.2 Å². The molecule has 1 aliphatic rings. The summed E-state index contributed by atoms with van der Waals surface area (Å²) in [5.74, 6) is 0. The Labute approximate surface area is 142 Å². The van der Waals surface area contributed by atoms with Gasteiger partial charge in [-0.2, -0.15) is 5.10 Å². The normalized spacial score (nSPS) is 18.5. The summed E-state index contributed by atoms with van der Waals surface area (Å²) in [4.78, 5) is 12.0. The number of benzene rings is 1. The lowest BCUT2D eigenvalue weighted by molar-refractivity contribution is 0.306. The molecule has 24 heavy (non-hydrogen) atoms. The van der Waals surface area contributed by atoms with Gasteiger partial charge >= 0.3 is 0 Å². The molecule has 1 aliphatic heterocycles. The van der Waals surface area contributed by atoms with Crippen LogP contribution in [0.3, 0.4) is 0 Å². The summed E-state index contributed by atoms with van der Waals surface area (Å²) in [5.41, 5.74) is 6.42. The van der Waals surface area contributed by atoms with Crippen molar-refractivity contribution in [3.8, 4) is 0 Å². The number of hydrogen-bond donors (Lipinski definition) is 0. The minimum Gasteiger partial charge on any atom is -0.295 e. The minimum atomic E-state index is 0.465. The fourth-order valence-electron chi connectivity index (χ4n) is 3.66. The molecule has 3 heterocycles. The van der Waals surface area contributed by atoms with Crippen molar-refractivity contribution < 1.29 is 0 Å². The molecule has 0 amide bonds. The molecule has 0 radical (unpaired) electrons. The Bertz CT molecular complexity index is 883. The molecule has 0 bridgehead atoms. The van der Waals surface area contributed by atoms with Crippen LogP contribution in [0.25, 0.3) is 11.0 Å². The number of nitrogens with zero attached hydrogens (tertiary/aromatic N) is 5. The predicted molar refractivity (Wildman–Crippen MR) is 94.9 cm³/mol. The van der Waals surface area contributed by atoms with Gasteiger partial charge in [-0.1, -0.05) is 12.1 Å². The molecule has 2 aromatic heterocycles. The van der Waals surface area contributed by atoms with Crippen molar-refractivity contribution in [1.82, 2.24) is 24.6 Å². The van der Waals surface area contributed by atoms with Crippen molar-refractivity contribution in [2.45, 2.75) is 39.8 Å². The van der Waals surface area contributed by atoms with Crippen molar-refractivity contribution in [3.63, 3.8) is 0 Å². The number of para-hydroxylation sites is 2. The van der Waals surface area contributed by atoms with Crippen LogP contribution in [-0.4, -0.2) is 37.7 Å². The van der Waals surface area contributed by atoms with Crippen LogP contribution in [0.4, 0.5) is 0 Å². The Kier molecular flexibility index (Phi) is 3.81. The highest BCUT2D eigenvalue weighted by atomic mass is 15.3. The average molecular weight is 321 g/mol. The summed E-state index contributed by atoms with van der Waals surface area (Å²) in [6.45, 7) is 9.22. The first-order valence-electron chi connectivity index (χ1n) is 8.57. The quantitative estimate of drug-likeness (QED) is 0.743. The third-order valence-electron chi connectivity index (χ3n) is 4.85. The molecule has 5 heteroatoms. The van der Waals surface area contributed by atoms with Gasteiger partial charge in [0.15, 0.2) is 0 Å². The van der Waals surface area contributed by atoms with E-state index >= 15 is 0 Å². The Balaban J connectivity index is 1.52. The lowest BCUT2D eigenvalue weighted by Crippen LogP contribution is -2.23. The first-order chi connectivity index (χ1) is 11.6. The maximum absolute atomic E-state index is 4.83. The van der Waals surface area contributed by atoms with E-state index in [1.54, 1.807) is 0 Å². The van der Waals surface area contributed by atoms with Gasteiger partial charge in [0, 0.05) is 25.3 Å². The van der Waals surface area contributed by atoms with Gasteiger partial charge in [0.25, 0.3) is 0 Å². The van der Waals surface area contributed by atoms with E-state index in [0.29, 0.717) is 6.04 Å². The lowest BCUT2D eigenvalue weighted by atomic mass is 10.2. The molecule has 124 valence electrons. The number of aromatic nitrogens is 4. The van der Waals surface area contributed by atoms with Crippen LogP contribution < -0.4 is 0 Å². The van der Waals surface area contributed by atoms with Gasteiger partial charge < -0.3 is 0 Å². The first kappa shape index (κ1) is 15.3. The summed E-state index contributed by atoms with van der Waals surface area (Å²) >= 11 is 0. The highest BCUT2D eigenvalue weighted by Gasteiger charge is 2.26. The topological polar surface area (TPSA) is 46.8 Å². The van der Waals surface area contributed by atoms with E-state index in [1.807, 2.05) is 24.3 Å². The Morgan fingerprint density at radius 2 is 1.83 bits per heavy atom. The zero-order chi connectivity index (χ0) is 16.7. The van der Waals surface area contributed by atoms with Crippen LogP contribution in [0.5, 0.6) is 0 Å². The third kappa shape index (κ3) is 2.80. The molecule has 0 aliphatic carbocycles. The summed E-state index contributed by atoms with van der Waals surface area (Å²) in [7, 11) is 0. The van der Waals surface area contributed by atoms with Gasteiger partial charge in [-0.3, -0.25) is 9.58 Å². The van der Waals surface area contributed by atoms with Crippen molar-refractivity contribution in [1.29, 1.82) is 0 Å². The van der Waals surface area contributed by atoms with E-state index in [9.17, 15) is 0 Å². The largest absolute Gasteiger partial charge is 0.295 e. The molecule has 4 rings (SSSR count). The summed E-state index contributed by atoms with van der Waals surface area (Å²) in [6, 6.07) is 10.7. The number of hydrogen-bond acceptors (Lipinski definition) is 4. The van der Waals surface area contributed by atoms with Gasteiger partial charge in [0.05, 0.1) is 34.2 Å². The maximum Gasteiger partial charge on any atom is 0.0890 e. The van der Waals surface area contributed by atoms with Crippen LogP contribution in [0.15, 0.2) is 30.3 Å². The SMILES string of the molecule is Cc1cc(C)n(C2CCN(Cc3nc4ccccc4nc3C)C2)n1. The molecule has 5 nitrogen and oxygen atoms in total. The van der Waals surface area contributed by atoms with Crippen molar-refractivity contribution in [2.24, 2.45) is 0 Å². The van der Waals surface area contributed by atoms with E-state index < -0.39 is 0 Å². The third-order valence-corrected chi connectivity index (χ3v) is 4.85. The van der Waals surface area contributed by atoms with Gasteiger partial charge in [-0.15, -0.1) is 0 Å². The Morgan fingerprint density at radius 1 is 1.08 bits per heavy atom. The second kappa shape index (κ2) is 5.98. The van der Waals surface area contributed by atoms with E-state index in [2.05, 4.69) is 41.5 Å². The summed E-state index contributed by atoms with van der Waals surface area (Å²) in [6.07, 6.45) is 1.14. The van der Waals surface area contributed by atoms with Gasteiger partial charge in [-0.25, -0.2) is 9.97 Å². The Morgan fingerprint density at radius 3 is 2.54 bits per heavy atom. The number of rotatable bonds is 3. The number of likely N-dealkylation sites (tertiary alicyclic amines) is 1. The zero-order valence-corrected chi connectivity index (χ0v) is 14.5. The van der Waals surface area contributed by atoms with Gasteiger partial charge in [-0.05, 0) is 45.4 Å². The lowest BCUT2D eigenvalue weighted by Gasteiger charge is -2.17. The fourth-order valence-corrected chi connectivity index (χ4v) is 3.66. The van der Waals surface area contributed by atoms with E-state index in [1.165, 1.54) is 5.69 Å². The monoisotopic (exact) mass is 321 g/mol. The number of aryl methyl sites for hydroxylation is 3. The molecular weight excluding hydrogens is 298 g/mol. The zero-order valence-electron chi connectivity index (χ0n) is 14.5. The smallest absolute Gasteiger partial charge is 0.0890 e. The Hall–Kier alpha value is -2.27. The van der Waals surface area contributed by atoms with Crippen LogP contribution in [0.2, 0.25) is 0 Å². The van der Waals surface area contributed by atoms with Crippen molar-refractivity contribution in [3.05, 3.63) is 53.1 Å². The first-order valence-corrected chi connectivity index (χ1v) is 8.57. The van der Waals surface area contributed by atoms with E-state index in [0.717, 1.165) is 54.2 Å². The second-order valence-electron chi connectivity index (χ2n) is 6.79. The molecular formula is C19H23N5. The highest BCUT2D eigenvalue weighted by Crippen LogP contribution is 2.25. The minimum absolute atomic E-state index is 0.465. The molecule has 0 N–H and O–H groups in total. The standard InChI is InChI=1S/C19H23N5/c1-13-10-14(2)24(22-13)16-8-9-23(11-16)12-19-15(3)20-17-6-4-5-7-18(17)21-19/h4-7,10,16H,8-9,11-12H2,1-3H3. The molecule has 1 saturated heterocycles. The summed E-state index contributed by atoms with van der Waals surface area (Å²) < 4.78 is 2.19. The van der Waals surface area contributed by atoms with Crippen molar-refractivity contribution in [2.75, 3.05) is 13.1 Å². The predicted octanol–water partition coefficient (Wildman–Crippen LogP) is 3.20. The fraction of sp³-hybridized carbons (Fsp3) is 0.421. The molecule has 3 aromatic rings. The second-order valence-corrected chi connectivity index (χ2v) is 6.79. The van der Waals surface area contributed by atoms with E-state index in [4.69, 9.17) is 9.97 Å². The van der Waals surface area contributed by atoms with Crippen LogP contribution in [-0.2, 0) is 6.54 Å². The highest BCUT2D eigenvalue weighted by molar-refractivity contribution is 5.74. The van der Waals surface area contributed by atoms with Gasteiger partial charge in [0.2, 0.25) is 0 Å². The van der Waals surface area contributed by atoms with E-state index in [-0.39, 0.29) is 0 Å². The maximum atomic E-state index is 4.83.